The third-order valence-electron chi connectivity index (χ3n) is 2.87. The molecule has 0 aliphatic heterocycles. The van der Waals surface area contributed by atoms with Gasteiger partial charge in [-0.1, -0.05) is 57.2 Å². The Bertz CT molecular complexity index is 620. The highest BCUT2D eigenvalue weighted by molar-refractivity contribution is 7.26. The SMILES string of the molecule is CC.CCc1cccc2c1sc1ccccc12. The topological polar surface area (TPSA) is 0 Å². The minimum atomic E-state index is 1.12. The summed E-state index contributed by atoms with van der Waals surface area (Å²) in [6.45, 7) is 6.22. The van der Waals surface area contributed by atoms with E-state index >= 15 is 0 Å². The standard InChI is InChI=1S/C14H12S.C2H6/c1-2-10-6-5-8-12-11-7-3-4-9-13(11)15-14(10)12;1-2/h3-9H,2H2,1H3;1-2H3. The zero-order valence-corrected chi connectivity index (χ0v) is 11.5. The van der Waals surface area contributed by atoms with Crippen LogP contribution in [0, 0.1) is 0 Å². The van der Waals surface area contributed by atoms with Crippen LogP contribution in [-0.4, -0.2) is 0 Å². The lowest BCUT2D eigenvalue weighted by Gasteiger charge is -1.97. The number of aryl methyl sites for hydroxylation is 1. The van der Waals surface area contributed by atoms with Gasteiger partial charge in [-0.3, -0.25) is 0 Å². The second-order valence-corrected chi connectivity index (χ2v) is 4.80. The van der Waals surface area contributed by atoms with E-state index in [1.54, 1.807) is 0 Å². The van der Waals surface area contributed by atoms with Crippen LogP contribution < -0.4 is 0 Å². The molecule has 17 heavy (non-hydrogen) atoms. The van der Waals surface area contributed by atoms with Crippen LogP contribution >= 0.6 is 11.3 Å². The molecule has 0 aliphatic rings. The van der Waals surface area contributed by atoms with Crippen molar-refractivity contribution in [1.82, 2.24) is 0 Å². The molecule has 88 valence electrons. The molecule has 0 unspecified atom stereocenters. The lowest BCUT2D eigenvalue weighted by atomic mass is 10.1. The molecule has 0 saturated carbocycles. The third-order valence-corrected chi connectivity index (χ3v) is 4.13. The van der Waals surface area contributed by atoms with Gasteiger partial charge in [-0.05, 0) is 18.1 Å². The molecule has 0 amide bonds. The number of thiophene rings is 1. The number of hydrogen-bond donors (Lipinski definition) is 0. The second-order valence-electron chi connectivity index (χ2n) is 3.75. The smallest absolute Gasteiger partial charge is 0.0387 e. The fraction of sp³-hybridized carbons (Fsp3) is 0.250. The van der Waals surface area contributed by atoms with Crippen LogP contribution in [0.15, 0.2) is 42.5 Å². The zero-order chi connectivity index (χ0) is 12.3. The molecule has 3 aromatic rings. The average molecular weight is 242 g/mol. The minimum absolute atomic E-state index is 1.12. The molecule has 0 bridgehead atoms. The molecule has 0 atom stereocenters. The largest absolute Gasteiger partial charge is 0.135 e. The molecule has 1 aromatic heterocycles. The Morgan fingerprint density at radius 2 is 1.59 bits per heavy atom. The first kappa shape index (κ1) is 12.1. The lowest BCUT2D eigenvalue weighted by molar-refractivity contribution is 1.16. The number of fused-ring (bicyclic) bond motifs is 3. The molecule has 0 radical (unpaired) electrons. The number of rotatable bonds is 1. The highest BCUT2D eigenvalue weighted by Gasteiger charge is 2.06. The van der Waals surface area contributed by atoms with Crippen LogP contribution in [-0.2, 0) is 6.42 Å². The summed E-state index contributed by atoms with van der Waals surface area (Å²) >= 11 is 1.91. The molecule has 1 heteroatoms. The third kappa shape index (κ3) is 2.07. The second kappa shape index (κ2) is 5.33. The highest BCUT2D eigenvalue weighted by atomic mass is 32.1. The van der Waals surface area contributed by atoms with E-state index in [4.69, 9.17) is 0 Å². The van der Waals surface area contributed by atoms with Crippen molar-refractivity contribution in [1.29, 1.82) is 0 Å². The van der Waals surface area contributed by atoms with Crippen LogP contribution in [0.25, 0.3) is 20.2 Å². The zero-order valence-electron chi connectivity index (χ0n) is 10.7. The van der Waals surface area contributed by atoms with E-state index in [1.807, 2.05) is 25.2 Å². The monoisotopic (exact) mass is 242 g/mol. The summed E-state index contributed by atoms with van der Waals surface area (Å²) in [6, 6.07) is 15.3. The van der Waals surface area contributed by atoms with Gasteiger partial charge in [-0.2, -0.15) is 0 Å². The molecule has 0 nitrogen and oxygen atoms in total. The maximum Gasteiger partial charge on any atom is 0.0387 e. The molecule has 3 rings (SSSR count). The molecule has 1 heterocycles. The predicted molar refractivity (Wildman–Crippen MR) is 80.1 cm³/mol. The summed E-state index contributed by atoms with van der Waals surface area (Å²) in [5.41, 5.74) is 1.47. The lowest BCUT2D eigenvalue weighted by Crippen LogP contribution is -1.77. The summed E-state index contributed by atoms with van der Waals surface area (Å²) in [5.74, 6) is 0. The Balaban J connectivity index is 0.000000514. The van der Waals surface area contributed by atoms with Gasteiger partial charge in [0.05, 0.1) is 0 Å². The molecular weight excluding hydrogens is 224 g/mol. The fourth-order valence-corrected chi connectivity index (χ4v) is 3.37. The maximum atomic E-state index is 2.23. The Hall–Kier alpha value is -1.34. The van der Waals surface area contributed by atoms with Crippen molar-refractivity contribution in [3.05, 3.63) is 48.0 Å². The van der Waals surface area contributed by atoms with E-state index in [0.29, 0.717) is 0 Å². The van der Waals surface area contributed by atoms with Crippen LogP contribution in [0.1, 0.15) is 26.3 Å². The normalized spacial score (nSPS) is 10.3. The Labute approximate surface area is 107 Å². The van der Waals surface area contributed by atoms with Crippen LogP contribution in [0.5, 0.6) is 0 Å². The van der Waals surface area contributed by atoms with Crippen molar-refractivity contribution < 1.29 is 0 Å². The van der Waals surface area contributed by atoms with E-state index in [9.17, 15) is 0 Å². The van der Waals surface area contributed by atoms with Gasteiger partial charge in [0, 0.05) is 20.2 Å². The summed E-state index contributed by atoms with van der Waals surface area (Å²) < 4.78 is 2.86. The molecular formula is C16H18S. The van der Waals surface area contributed by atoms with Crippen molar-refractivity contribution in [2.45, 2.75) is 27.2 Å². The predicted octanol–water partition coefficient (Wildman–Crippen LogP) is 5.64. The summed E-state index contributed by atoms with van der Waals surface area (Å²) in [4.78, 5) is 0. The van der Waals surface area contributed by atoms with Gasteiger partial charge < -0.3 is 0 Å². The Kier molecular flexibility index (Phi) is 3.80. The van der Waals surface area contributed by atoms with Gasteiger partial charge in [-0.25, -0.2) is 0 Å². The molecule has 0 aliphatic carbocycles. The van der Waals surface area contributed by atoms with Gasteiger partial charge >= 0.3 is 0 Å². The van der Waals surface area contributed by atoms with Crippen molar-refractivity contribution in [2.75, 3.05) is 0 Å². The first-order valence-corrected chi connectivity index (χ1v) is 7.11. The molecule has 2 aromatic carbocycles. The molecule has 0 N–H and O–H groups in total. The van der Waals surface area contributed by atoms with Crippen molar-refractivity contribution in [2.24, 2.45) is 0 Å². The minimum Gasteiger partial charge on any atom is -0.135 e. The quantitative estimate of drug-likeness (QED) is 0.518. The van der Waals surface area contributed by atoms with Crippen LogP contribution in [0.3, 0.4) is 0 Å². The fourth-order valence-electron chi connectivity index (χ4n) is 2.08. The summed E-state index contributed by atoms with van der Waals surface area (Å²) in [6.07, 6.45) is 1.12. The van der Waals surface area contributed by atoms with E-state index in [0.717, 1.165) is 6.42 Å². The van der Waals surface area contributed by atoms with Gasteiger partial charge in [0.2, 0.25) is 0 Å². The van der Waals surface area contributed by atoms with Crippen molar-refractivity contribution in [3.8, 4) is 0 Å². The molecule has 0 spiro atoms. The molecule has 0 saturated heterocycles. The average Bonchev–Trinajstić information content (AvgIpc) is 2.79. The highest BCUT2D eigenvalue weighted by Crippen LogP contribution is 2.35. The van der Waals surface area contributed by atoms with Gasteiger partial charge in [-0.15, -0.1) is 11.3 Å². The van der Waals surface area contributed by atoms with Crippen LogP contribution in [0.2, 0.25) is 0 Å². The van der Waals surface area contributed by atoms with Crippen molar-refractivity contribution >= 4 is 31.5 Å². The van der Waals surface area contributed by atoms with E-state index in [1.165, 1.54) is 25.7 Å². The van der Waals surface area contributed by atoms with Gasteiger partial charge in [0.15, 0.2) is 0 Å². The van der Waals surface area contributed by atoms with E-state index in [2.05, 4.69) is 49.4 Å². The summed E-state index contributed by atoms with van der Waals surface area (Å²) in [5, 5.41) is 2.81. The van der Waals surface area contributed by atoms with Gasteiger partial charge in [0.25, 0.3) is 0 Å². The maximum absolute atomic E-state index is 2.23. The van der Waals surface area contributed by atoms with E-state index < -0.39 is 0 Å². The summed E-state index contributed by atoms with van der Waals surface area (Å²) in [7, 11) is 0. The van der Waals surface area contributed by atoms with Gasteiger partial charge in [0.1, 0.15) is 0 Å². The first-order valence-electron chi connectivity index (χ1n) is 6.29. The molecule has 0 fully saturated rings. The van der Waals surface area contributed by atoms with Crippen LogP contribution in [0.4, 0.5) is 0 Å². The van der Waals surface area contributed by atoms with Crippen molar-refractivity contribution in [3.63, 3.8) is 0 Å². The van der Waals surface area contributed by atoms with E-state index in [-0.39, 0.29) is 0 Å². The number of hydrogen-bond acceptors (Lipinski definition) is 1. The first-order chi connectivity index (χ1) is 8.40. The number of benzene rings is 2. The Morgan fingerprint density at radius 3 is 2.35 bits per heavy atom. The Morgan fingerprint density at radius 1 is 0.882 bits per heavy atom.